The summed E-state index contributed by atoms with van der Waals surface area (Å²) in [6.45, 7) is 7.97. The molecule has 0 unspecified atom stereocenters. The zero-order valence-electron chi connectivity index (χ0n) is 13.7. The third-order valence-corrected chi connectivity index (χ3v) is 5.61. The Kier molecular flexibility index (Phi) is 5.62. The predicted molar refractivity (Wildman–Crippen MR) is 88.0 cm³/mol. The fourth-order valence-corrected chi connectivity index (χ4v) is 3.65. The van der Waals surface area contributed by atoms with Crippen molar-refractivity contribution in [3.63, 3.8) is 0 Å². The lowest BCUT2D eigenvalue weighted by molar-refractivity contribution is -0.130. The largest absolute Gasteiger partial charge is 0.448 e. The molecule has 0 aromatic carbocycles. The Hall–Kier alpha value is -1.36. The molecule has 4 atom stereocenters. The number of hydrogen-bond acceptors (Lipinski definition) is 4. The van der Waals surface area contributed by atoms with Crippen molar-refractivity contribution in [2.45, 2.75) is 59.1 Å². The maximum Gasteiger partial charge on any atom is 0.349 e. The van der Waals surface area contributed by atoms with E-state index in [1.807, 2.05) is 13.0 Å². The minimum atomic E-state index is -0.765. The molecule has 2 rings (SSSR count). The van der Waals surface area contributed by atoms with Crippen molar-refractivity contribution in [3.8, 4) is 0 Å². The molecule has 0 spiro atoms. The van der Waals surface area contributed by atoms with Gasteiger partial charge in [0.25, 0.3) is 5.91 Å². The second-order valence-corrected chi connectivity index (χ2v) is 7.63. The number of rotatable bonds is 4. The van der Waals surface area contributed by atoms with E-state index in [1.54, 1.807) is 13.0 Å². The first-order valence-corrected chi connectivity index (χ1v) is 8.78. The molecule has 1 aromatic rings. The number of nitrogens with one attached hydrogen (secondary N) is 1. The van der Waals surface area contributed by atoms with E-state index in [4.69, 9.17) is 4.74 Å². The van der Waals surface area contributed by atoms with Gasteiger partial charge in [-0.15, -0.1) is 11.3 Å². The first-order chi connectivity index (χ1) is 10.4. The van der Waals surface area contributed by atoms with Gasteiger partial charge in [0.15, 0.2) is 6.10 Å². The van der Waals surface area contributed by atoms with Crippen LogP contribution in [0.3, 0.4) is 0 Å². The number of ether oxygens (including phenoxy) is 1. The predicted octanol–water partition coefficient (Wildman–Crippen LogP) is 3.54. The highest BCUT2D eigenvalue weighted by atomic mass is 32.1. The maximum absolute atomic E-state index is 12.3. The van der Waals surface area contributed by atoms with E-state index in [9.17, 15) is 9.59 Å². The Morgan fingerprint density at radius 1 is 1.32 bits per heavy atom. The zero-order valence-corrected chi connectivity index (χ0v) is 14.5. The zero-order chi connectivity index (χ0) is 16.3. The highest BCUT2D eigenvalue weighted by Gasteiger charge is 2.30. The Labute approximate surface area is 136 Å². The van der Waals surface area contributed by atoms with E-state index in [0.717, 1.165) is 17.7 Å². The van der Waals surface area contributed by atoms with Gasteiger partial charge in [-0.2, -0.15) is 0 Å². The monoisotopic (exact) mass is 323 g/mol. The van der Waals surface area contributed by atoms with E-state index in [0.29, 0.717) is 16.7 Å². The van der Waals surface area contributed by atoms with Crippen LogP contribution in [-0.4, -0.2) is 24.0 Å². The summed E-state index contributed by atoms with van der Waals surface area (Å²) in [6, 6.07) is 3.79. The molecule has 0 bridgehead atoms. The second kappa shape index (κ2) is 7.27. The SMILES string of the molecule is Cc1ccc(C(=O)O[C@H](C)C(=O)N[C@@H]2CCC[C@H](C)[C@@H]2C)s1. The van der Waals surface area contributed by atoms with Crippen LogP contribution in [-0.2, 0) is 9.53 Å². The molecule has 1 amide bonds. The minimum absolute atomic E-state index is 0.182. The number of thiophene rings is 1. The summed E-state index contributed by atoms with van der Waals surface area (Å²) in [5.41, 5.74) is 0. The Bertz CT molecular complexity index is 540. The smallest absolute Gasteiger partial charge is 0.349 e. The Morgan fingerprint density at radius 3 is 2.68 bits per heavy atom. The van der Waals surface area contributed by atoms with Gasteiger partial charge in [-0.1, -0.05) is 26.7 Å². The number of aryl methyl sites for hydroxylation is 1. The van der Waals surface area contributed by atoms with E-state index < -0.39 is 12.1 Å². The number of hydrogen-bond donors (Lipinski definition) is 1. The van der Waals surface area contributed by atoms with E-state index >= 15 is 0 Å². The molecular weight excluding hydrogens is 298 g/mol. The third kappa shape index (κ3) is 4.09. The average molecular weight is 323 g/mol. The molecule has 0 radical (unpaired) electrons. The lowest BCUT2D eigenvalue weighted by Crippen LogP contribution is -2.47. The van der Waals surface area contributed by atoms with Gasteiger partial charge in [-0.3, -0.25) is 4.79 Å². The molecule has 0 saturated heterocycles. The number of esters is 1. The summed E-state index contributed by atoms with van der Waals surface area (Å²) in [6.07, 6.45) is 2.59. The first-order valence-electron chi connectivity index (χ1n) is 7.96. The van der Waals surface area contributed by atoms with Crippen molar-refractivity contribution >= 4 is 23.2 Å². The summed E-state index contributed by atoms with van der Waals surface area (Å²) in [5.74, 6) is 0.449. The van der Waals surface area contributed by atoms with Crippen molar-refractivity contribution in [1.29, 1.82) is 0 Å². The molecule has 4 nitrogen and oxygen atoms in total. The highest BCUT2D eigenvalue weighted by Crippen LogP contribution is 2.29. The van der Waals surface area contributed by atoms with E-state index in [-0.39, 0.29) is 11.9 Å². The number of carbonyl (C=O) groups is 2. The van der Waals surface area contributed by atoms with Gasteiger partial charge >= 0.3 is 5.97 Å². The van der Waals surface area contributed by atoms with Crippen LogP contribution in [0.15, 0.2) is 12.1 Å². The second-order valence-electron chi connectivity index (χ2n) is 6.34. The molecule has 1 aromatic heterocycles. The minimum Gasteiger partial charge on any atom is -0.448 e. The molecule has 1 aliphatic rings. The standard InChI is InChI=1S/C17H25NO3S/c1-10-6-5-7-14(12(10)3)18-16(19)13(4)21-17(20)15-9-8-11(2)22-15/h8-10,12-14H,5-7H2,1-4H3,(H,18,19)/t10-,12-,13+,14+/m0/s1. The lowest BCUT2D eigenvalue weighted by Gasteiger charge is -2.35. The van der Waals surface area contributed by atoms with Crippen molar-refractivity contribution in [3.05, 3.63) is 21.9 Å². The van der Waals surface area contributed by atoms with Gasteiger partial charge < -0.3 is 10.1 Å². The van der Waals surface area contributed by atoms with Gasteiger partial charge in [-0.25, -0.2) is 4.79 Å². The van der Waals surface area contributed by atoms with Crippen molar-refractivity contribution in [2.24, 2.45) is 11.8 Å². The van der Waals surface area contributed by atoms with E-state index in [1.165, 1.54) is 17.8 Å². The van der Waals surface area contributed by atoms with Crippen molar-refractivity contribution in [2.75, 3.05) is 0 Å². The van der Waals surface area contributed by atoms with Gasteiger partial charge in [0.2, 0.25) is 0 Å². The summed E-state index contributed by atoms with van der Waals surface area (Å²) in [4.78, 5) is 25.8. The molecule has 1 N–H and O–H groups in total. The fraction of sp³-hybridized carbons (Fsp3) is 0.647. The van der Waals surface area contributed by atoms with Gasteiger partial charge in [0.05, 0.1) is 0 Å². The quantitative estimate of drug-likeness (QED) is 0.862. The van der Waals surface area contributed by atoms with Crippen molar-refractivity contribution in [1.82, 2.24) is 5.32 Å². The Balaban J connectivity index is 1.88. The van der Waals surface area contributed by atoms with Crippen LogP contribution in [0.25, 0.3) is 0 Å². The fourth-order valence-electron chi connectivity index (χ4n) is 2.90. The molecule has 1 saturated carbocycles. The molecule has 5 heteroatoms. The van der Waals surface area contributed by atoms with Gasteiger partial charge in [0.1, 0.15) is 4.88 Å². The van der Waals surface area contributed by atoms with Crippen molar-refractivity contribution < 1.29 is 14.3 Å². The lowest BCUT2D eigenvalue weighted by atomic mass is 9.78. The average Bonchev–Trinajstić information content (AvgIpc) is 2.90. The van der Waals surface area contributed by atoms with Gasteiger partial charge in [0, 0.05) is 10.9 Å². The number of amides is 1. The molecule has 1 fully saturated rings. The summed E-state index contributed by atoms with van der Waals surface area (Å²) in [7, 11) is 0. The first kappa shape index (κ1) is 17.0. The van der Waals surface area contributed by atoms with Crippen LogP contribution in [0.1, 0.15) is 54.6 Å². The van der Waals surface area contributed by atoms with Crippen LogP contribution in [0.4, 0.5) is 0 Å². The van der Waals surface area contributed by atoms with Crippen LogP contribution < -0.4 is 5.32 Å². The summed E-state index contributed by atoms with van der Waals surface area (Å²) >= 11 is 1.38. The van der Waals surface area contributed by atoms with Crippen LogP contribution in [0.5, 0.6) is 0 Å². The maximum atomic E-state index is 12.3. The van der Waals surface area contributed by atoms with Crippen LogP contribution in [0, 0.1) is 18.8 Å². The third-order valence-electron chi connectivity index (χ3n) is 4.63. The van der Waals surface area contributed by atoms with Gasteiger partial charge in [-0.05, 0) is 44.2 Å². The molecule has 22 heavy (non-hydrogen) atoms. The van der Waals surface area contributed by atoms with E-state index in [2.05, 4.69) is 19.2 Å². The summed E-state index contributed by atoms with van der Waals surface area (Å²) < 4.78 is 5.27. The van der Waals surface area contributed by atoms with Crippen LogP contribution >= 0.6 is 11.3 Å². The van der Waals surface area contributed by atoms with Crippen LogP contribution in [0.2, 0.25) is 0 Å². The normalized spacial score (nSPS) is 26.3. The number of carbonyl (C=O) groups excluding carboxylic acids is 2. The molecule has 0 aliphatic heterocycles. The molecular formula is C17H25NO3S. The molecule has 1 heterocycles. The highest BCUT2D eigenvalue weighted by molar-refractivity contribution is 7.13. The Morgan fingerprint density at radius 2 is 2.05 bits per heavy atom. The summed E-state index contributed by atoms with van der Waals surface area (Å²) in [5, 5.41) is 3.05. The molecule has 1 aliphatic carbocycles. The topological polar surface area (TPSA) is 55.4 Å². The molecule has 122 valence electrons.